The molecule has 0 aliphatic carbocycles. The molecule has 0 saturated heterocycles. The first-order chi connectivity index (χ1) is 8.29. The zero-order valence-electron chi connectivity index (χ0n) is 9.07. The fourth-order valence-corrected chi connectivity index (χ4v) is 5.88. The van der Waals surface area contributed by atoms with E-state index in [1.807, 2.05) is 29.7 Å². The molecule has 0 aromatic carbocycles. The van der Waals surface area contributed by atoms with E-state index in [0.717, 1.165) is 0 Å². The number of hydrogen-bond donors (Lipinski definition) is 1. The summed E-state index contributed by atoms with van der Waals surface area (Å²) in [5.41, 5.74) is 0. The maximum Gasteiger partial charge on any atom is 0.0774 e. The van der Waals surface area contributed by atoms with Gasteiger partial charge in [0.05, 0.1) is 6.04 Å². The minimum Gasteiger partial charge on any atom is -0.308 e. The molecule has 0 radical (unpaired) electrons. The second-order valence-electron chi connectivity index (χ2n) is 3.65. The summed E-state index contributed by atoms with van der Waals surface area (Å²) in [5, 5.41) is 7.69. The average Bonchev–Trinajstić information content (AvgIpc) is 2.96. The lowest BCUT2D eigenvalue weighted by atomic mass is 10.2. The Bertz CT molecular complexity index is 608. The molecule has 0 amide bonds. The molecule has 1 unspecified atom stereocenters. The smallest absolute Gasteiger partial charge is 0.0774 e. The molecular weight excluding hydrogens is 334 g/mol. The Hall–Kier alpha value is -0.200. The molecule has 0 aliphatic heterocycles. The molecule has 1 atom stereocenters. The van der Waals surface area contributed by atoms with Gasteiger partial charge in [0.15, 0.2) is 0 Å². The van der Waals surface area contributed by atoms with E-state index in [1.165, 1.54) is 23.6 Å². The fraction of sp³-hybridized carbons (Fsp3) is 0.167. The Morgan fingerprint density at radius 3 is 2.65 bits per heavy atom. The van der Waals surface area contributed by atoms with Crippen LogP contribution in [-0.4, -0.2) is 7.05 Å². The van der Waals surface area contributed by atoms with E-state index in [-0.39, 0.29) is 0 Å². The van der Waals surface area contributed by atoms with Crippen LogP contribution in [0.15, 0.2) is 33.4 Å². The summed E-state index contributed by atoms with van der Waals surface area (Å²) in [5.74, 6) is 0. The number of hydrogen-bond acceptors (Lipinski definition) is 4. The van der Waals surface area contributed by atoms with Crippen LogP contribution in [0.25, 0.3) is 9.40 Å². The molecule has 3 aromatic heterocycles. The molecule has 0 fully saturated rings. The molecule has 0 bridgehead atoms. The van der Waals surface area contributed by atoms with E-state index in [4.69, 9.17) is 0 Å². The van der Waals surface area contributed by atoms with Gasteiger partial charge in [-0.3, -0.25) is 0 Å². The number of halogens is 1. The lowest BCUT2D eigenvalue weighted by molar-refractivity contribution is 0.714. The summed E-state index contributed by atoms with van der Waals surface area (Å²) in [7, 11) is 2.02. The van der Waals surface area contributed by atoms with E-state index < -0.39 is 0 Å². The van der Waals surface area contributed by atoms with Crippen LogP contribution in [0.4, 0.5) is 0 Å². The van der Waals surface area contributed by atoms with Crippen molar-refractivity contribution in [3.05, 3.63) is 43.2 Å². The van der Waals surface area contributed by atoms with Crippen molar-refractivity contribution in [2.45, 2.75) is 6.04 Å². The number of thiophene rings is 3. The third kappa shape index (κ3) is 2.11. The van der Waals surface area contributed by atoms with Crippen LogP contribution in [0.2, 0.25) is 0 Å². The predicted molar refractivity (Wildman–Crippen MR) is 82.6 cm³/mol. The molecule has 3 aromatic rings. The molecular formula is C12H10BrNS3. The molecule has 3 rings (SSSR count). The van der Waals surface area contributed by atoms with Crippen molar-refractivity contribution < 1.29 is 0 Å². The second kappa shape index (κ2) is 4.82. The Labute approximate surface area is 120 Å². The van der Waals surface area contributed by atoms with Crippen LogP contribution in [0.3, 0.4) is 0 Å². The SMILES string of the molecule is CNC(c1cc2sccc2s1)c1sccc1Br. The van der Waals surface area contributed by atoms with Gasteiger partial charge in [-0.05, 0) is 51.9 Å². The first-order valence-electron chi connectivity index (χ1n) is 5.16. The van der Waals surface area contributed by atoms with E-state index in [1.54, 1.807) is 11.3 Å². The zero-order chi connectivity index (χ0) is 11.8. The molecule has 1 N–H and O–H groups in total. The first kappa shape index (κ1) is 11.9. The molecule has 0 spiro atoms. The Morgan fingerprint density at radius 2 is 2.00 bits per heavy atom. The minimum absolute atomic E-state index is 0.300. The molecule has 1 nitrogen and oxygen atoms in total. The van der Waals surface area contributed by atoms with Crippen molar-refractivity contribution in [3.63, 3.8) is 0 Å². The van der Waals surface area contributed by atoms with Gasteiger partial charge in [-0.15, -0.1) is 34.0 Å². The highest BCUT2D eigenvalue weighted by Gasteiger charge is 2.18. The molecule has 5 heteroatoms. The van der Waals surface area contributed by atoms with Gasteiger partial charge < -0.3 is 5.32 Å². The van der Waals surface area contributed by atoms with Crippen LogP contribution in [0.1, 0.15) is 15.8 Å². The maximum absolute atomic E-state index is 3.62. The Kier molecular flexibility index (Phi) is 3.36. The van der Waals surface area contributed by atoms with Gasteiger partial charge in [-0.25, -0.2) is 0 Å². The van der Waals surface area contributed by atoms with Crippen LogP contribution in [-0.2, 0) is 0 Å². The number of nitrogens with one attached hydrogen (secondary N) is 1. The van der Waals surface area contributed by atoms with Gasteiger partial charge in [0, 0.05) is 23.6 Å². The van der Waals surface area contributed by atoms with Crippen molar-refractivity contribution in [2.75, 3.05) is 7.05 Å². The van der Waals surface area contributed by atoms with Gasteiger partial charge in [0.2, 0.25) is 0 Å². The Balaban J connectivity index is 2.06. The van der Waals surface area contributed by atoms with E-state index in [0.29, 0.717) is 6.04 Å². The van der Waals surface area contributed by atoms with Crippen molar-refractivity contribution in [1.82, 2.24) is 5.32 Å². The summed E-state index contributed by atoms with van der Waals surface area (Å²) in [4.78, 5) is 2.74. The van der Waals surface area contributed by atoms with Crippen molar-refractivity contribution >= 4 is 59.3 Å². The summed E-state index contributed by atoms with van der Waals surface area (Å²) < 4.78 is 3.97. The topological polar surface area (TPSA) is 12.0 Å². The van der Waals surface area contributed by atoms with Crippen molar-refractivity contribution in [1.29, 1.82) is 0 Å². The van der Waals surface area contributed by atoms with Crippen LogP contribution in [0.5, 0.6) is 0 Å². The number of fused-ring (bicyclic) bond motifs is 1. The van der Waals surface area contributed by atoms with Gasteiger partial charge in [-0.2, -0.15) is 0 Å². The third-order valence-electron chi connectivity index (χ3n) is 2.64. The standard InChI is InChI=1S/C12H10BrNS3/c1-14-11(12-7(13)2-4-16-12)10-6-9-8(17-10)3-5-15-9/h2-6,11,14H,1H3. The van der Waals surface area contributed by atoms with Crippen molar-refractivity contribution in [3.8, 4) is 0 Å². The summed E-state index contributed by atoms with van der Waals surface area (Å²) in [6.07, 6.45) is 0. The molecule has 17 heavy (non-hydrogen) atoms. The lowest BCUT2D eigenvalue weighted by Crippen LogP contribution is -2.15. The quantitative estimate of drug-likeness (QED) is 0.697. The van der Waals surface area contributed by atoms with Gasteiger partial charge in [0.1, 0.15) is 0 Å². The summed E-state index contributed by atoms with van der Waals surface area (Å²) >= 11 is 9.10. The van der Waals surface area contributed by atoms with Crippen molar-refractivity contribution in [2.24, 2.45) is 0 Å². The molecule has 88 valence electrons. The van der Waals surface area contributed by atoms with Crippen LogP contribution >= 0.6 is 49.9 Å². The van der Waals surface area contributed by atoms with Gasteiger partial charge >= 0.3 is 0 Å². The predicted octanol–water partition coefficient (Wildman–Crippen LogP) is 5.10. The first-order valence-corrected chi connectivity index (χ1v) is 8.53. The van der Waals surface area contributed by atoms with E-state index >= 15 is 0 Å². The average molecular weight is 344 g/mol. The third-order valence-corrected chi connectivity index (χ3v) is 6.73. The highest BCUT2D eigenvalue weighted by molar-refractivity contribution is 9.10. The largest absolute Gasteiger partial charge is 0.308 e. The van der Waals surface area contributed by atoms with Crippen LogP contribution in [0, 0.1) is 0 Å². The Morgan fingerprint density at radius 1 is 1.18 bits per heavy atom. The lowest BCUT2D eigenvalue weighted by Gasteiger charge is -2.13. The summed E-state index contributed by atoms with van der Waals surface area (Å²) in [6.45, 7) is 0. The zero-order valence-corrected chi connectivity index (χ0v) is 13.1. The monoisotopic (exact) mass is 343 g/mol. The summed E-state index contributed by atoms with van der Waals surface area (Å²) in [6, 6.07) is 6.91. The minimum atomic E-state index is 0.300. The van der Waals surface area contributed by atoms with Crippen LogP contribution < -0.4 is 5.32 Å². The number of rotatable bonds is 3. The molecule has 3 heterocycles. The normalized spacial score (nSPS) is 13.3. The van der Waals surface area contributed by atoms with Gasteiger partial charge in [0.25, 0.3) is 0 Å². The highest BCUT2D eigenvalue weighted by atomic mass is 79.9. The fourth-order valence-electron chi connectivity index (χ4n) is 1.84. The van der Waals surface area contributed by atoms with E-state index in [9.17, 15) is 0 Å². The molecule has 0 saturated carbocycles. The van der Waals surface area contributed by atoms with Gasteiger partial charge in [-0.1, -0.05) is 0 Å². The maximum atomic E-state index is 3.62. The van der Waals surface area contributed by atoms with E-state index in [2.05, 4.69) is 50.2 Å². The highest BCUT2D eigenvalue weighted by Crippen LogP contribution is 2.39. The second-order valence-corrected chi connectivity index (χ2v) is 7.52. The molecule has 0 aliphatic rings.